The molecule has 20 heavy (non-hydrogen) atoms. The summed E-state index contributed by atoms with van der Waals surface area (Å²) in [4.78, 5) is 3.56. The fourth-order valence-corrected chi connectivity index (χ4v) is 4.67. The number of sulfonamides is 1. The monoisotopic (exact) mass is 300 g/mol. The van der Waals surface area contributed by atoms with Crippen LogP contribution in [0.4, 0.5) is 4.39 Å². The molecule has 0 bridgehead atoms. The molecular formula is C13H17FN2O3S. The lowest BCUT2D eigenvalue weighted by Gasteiger charge is -2.42. The maximum atomic E-state index is 13.2. The maximum Gasteiger partial charge on any atom is 0.245 e. The first-order chi connectivity index (χ1) is 9.59. The summed E-state index contributed by atoms with van der Waals surface area (Å²) in [6.45, 7) is 0.711. The van der Waals surface area contributed by atoms with Gasteiger partial charge < -0.3 is 4.74 Å². The third-order valence-corrected chi connectivity index (χ3v) is 5.86. The first-order valence-electron chi connectivity index (χ1n) is 6.83. The summed E-state index contributed by atoms with van der Waals surface area (Å²) in [5.41, 5.74) is 0. The van der Waals surface area contributed by atoms with Gasteiger partial charge in [0.1, 0.15) is 10.7 Å². The van der Waals surface area contributed by atoms with Gasteiger partial charge in [0.15, 0.2) is 0 Å². The van der Waals surface area contributed by atoms with E-state index in [4.69, 9.17) is 4.74 Å². The van der Waals surface area contributed by atoms with E-state index >= 15 is 0 Å². The Hall–Kier alpha value is -1.05. The number of rotatable bonds is 2. The standard InChI is InChI=1S/C13H17FN2O3S/c14-10-7-11(9-15-8-10)20(17,18)16-5-6-19-13-4-2-1-3-12(13)16/h7-9,12-13H,1-6H2/t12-,13+/m1/s1. The fourth-order valence-electron chi connectivity index (χ4n) is 3.03. The van der Waals surface area contributed by atoms with Gasteiger partial charge in [0, 0.05) is 12.7 Å². The number of pyridine rings is 1. The van der Waals surface area contributed by atoms with Crippen molar-refractivity contribution in [1.29, 1.82) is 0 Å². The Morgan fingerprint density at radius 2 is 2.10 bits per heavy atom. The predicted octanol–water partition coefficient (Wildman–Crippen LogP) is 1.55. The Morgan fingerprint density at radius 3 is 2.90 bits per heavy atom. The smallest absolute Gasteiger partial charge is 0.245 e. The second kappa shape index (κ2) is 5.38. The van der Waals surface area contributed by atoms with Gasteiger partial charge in [-0.1, -0.05) is 12.8 Å². The van der Waals surface area contributed by atoms with Crippen LogP contribution < -0.4 is 0 Å². The molecule has 110 valence electrons. The van der Waals surface area contributed by atoms with Crippen molar-refractivity contribution < 1.29 is 17.5 Å². The lowest BCUT2D eigenvalue weighted by molar-refractivity contribution is -0.0586. The highest BCUT2D eigenvalue weighted by Gasteiger charge is 2.40. The molecule has 5 nitrogen and oxygen atoms in total. The predicted molar refractivity (Wildman–Crippen MR) is 70.1 cm³/mol. The molecule has 0 spiro atoms. The van der Waals surface area contributed by atoms with Crippen LogP contribution in [0.15, 0.2) is 23.4 Å². The normalized spacial score (nSPS) is 28.1. The molecular weight excluding hydrogens is 283 g/mol. The lowest BCUT2D eigenvalue weighted by Crippen LogP contribution is -2.54. The van der Waals surface area contributed by atoms with E-state index in [0.29, 0.717) is 13.2 Å². The summed E-state index contributed by atoms with van der Waals surface area (Å²) < 4.78 is 45.7. The molecule has 7 heteroatoms. The van der Waals surface area contributed by atoms with Crippen molar-refractivity contribution in [1.82, 2.24) is 9.29 Å². The number of aromatic nitrogens is 1. The van der Waals surface area contributed by atoms with Crippen LogP contribution in [0.1, 0.15) is 25.7 Å². The quantitative estimate of drug-likeness (QED) is 0.831. The van der Waals surface area contributed by atoms with Crippen LogP contribution in [0.25, 0.3) is 0 Å². The molecule has 1 aromatic rings. The minimum Gasteiger partial charge on any atom is -0.375 e. The van der Waals surface area contributed by atoms with Gasteiger partial charge in [-0.3, -0.25) is 4.98 Å². The molecule has 0 unspecified atom stereocenters. The van der Waals surface area contributed by atoms with Gasteiger partial charge in [-0.05, 0) is 18.9 Å². The molecule has 0 radical (unpaired) electrons. The van der Waals surface area contributed by atoms with E-state index in [1.54, 1.807) is 0 Å². The Bertz CT molecular complexity index is 591. The Balaban J connectivity index is 1.93. The molecule has 0 N–H and O–H groups in total. The first kappa shape index (κ1) is 13.9. The highest BCUT2D eigenvalue weighted by Crippen LogP contribution is 2.32. The number of nitrogens with zero attached hydrogens (tertiary/aromatic N) is 2. The average molecular weight is 300 g/mol. The van der Waals surface area contributed by atoms with Crippen LogP contribution in [0.5, 0.6) is 0 Å². The summed E-state index contributed by atoms with van der Waals surface area (Å²) in [5.74, 6) is -0.639. The minimum absolute atomic E-state index is 0.0335. The third-order valence-electron chi connectivity index (χ3n) is 3.97. The number of halogens is 1. The number of hydrogen-bond donors (Lipinski definition) is 0. The maximum absolute atomic E-state index is 13.2. The van der Waals surface area contributed by atoms with E-state index in [2.05, 4.69) is 4.98 Å². The van der Waals surface area contributed by atoms with E-state index in [1.807, 2.05) is 0 Å². The summed E-state index contributed by atoms with van der Waals surface area (Å²) >= 11 is 0. The number of morpholine rings is 1. The molecule has 2 heterocycles. The van der Waals surface area contributed by atoms with E-state index in [-0.39, 0.29) is 17.0 Å². The van der Waals surface area contributed by atoms with Crippen LogP contribution in [-0.4, -0.2) is 43.0 Å². The zero-order chi connectivity index (χ0) is 14.2. The van der Waals surface area contributed by atoms with Gasteiger partial charge in [0.05, 0.1) is 24.9 Å². The molecule has 2 aliphatic rings. The highest BCUT2D eigenvalue weighted by atomic mass is 32.2. The lowest BCUT2D eigenvalue weighted by atomic mass is 9.91. The van der Waals surface area contributed by atoms with Crippen LogP contribution in [-0.2, 0) is 14.8 Å². The van der Waals surface area contributed by atoms with Crippen molar-refractivity contribution in [2.24, 2.45) is 0 Å². The summed E-state index contributed by atoms with van der Waals surface area (Å²) in [5, 5.41) is 0. The van der Waals surface area contributed by atoms with Gasteiger partial charge in [0.2, 0.25) is 10.0 Å². The summed E-state index contributed by atoms with van der Waals surface area (Å²) in [6, 6.07) is 0.890. The van der Waals surface area contributed by atoms with E-state index in [1.165, 1.54) is 10.5 Å². The molecule has 1 saturated carbocycles. The minimum atomic E-state index is -3.70. The molecule has 1 aliphatic carbocycles. The summed E-state index contributed by atoms with van der Waals surface area (Å²) in [7, 11) is -3.70. The zero-order valence-corrected chi connectivity index (χ0v) is 11.9. The van der Waals surface area contributed by atoms with E-state index in [0.717, 1.165) is 37.9 Å². The molecule has 1 saturated heterocycles. The van der Waals surface area contributed by atoms with E-state index in [9.17, 15) is 12.8 Å². The largest absolute Gasteiger partial charge is 0.375 e. The van der Waals surface area contributed by atoms with Crippen molar-refractivity contribution in [2.45, 2.75) is 42.7 Å². The van der Waals surface area contributed by atoms with Gasteiger partial charge >= 0.3 is 0 Å². The van der Waals surface area contributed by atoms with Crippen LogP contribution in [0, 0.1) is 5.82 Å². The number of ether oxygens (including phenoxy) is 1. The second-order valence-corrected chi connectivity index (χ2v) is 7.11. The van der Waals surface area contributed by atoms with Crippen molar-refractivity contribution in [3.05, 3.63) is 24.3 Å². The molecule has 0 amide bonds. The van der Waals surface area contributed by atoms with Gasteiger partial charge in [-0.2, -0.15) is 4.31 Å². The van der Waals surface area contributed by atoms with Crippen molar-refractivity contribution in [2.75, 3.05) is 13.2 Å². The van der Waals surface area contributed by atoms with Crippen LogP contribution >= 0.6 is 0 Å². The Kier molecular flexibility index (Phi) is 3.74. The van der Waals surface area contributed by atoms with Crippen LogP contribution in [0.2, 0.25) is 0 Å². The van der Waals surface area contributed by atoms with Crippen molar-refractivity contribution in [3.8, 4) is 0 Å². The number of fused-ring (bicyclic) bond motifs is 1. The molecule has 2 atom stereocenters. The molecule has 3 rings (SSSR count). The van der Waals surface area contributed by atoms with Gasteiger partial charge in [0.25, 0.3) is 0 Å². The molecule has 0 aromatic carbocycles. The summed E-state index contributed by atoms with van der Waals surface area (Å²) in [6.07, 6.45) is 5.92. The van der Waals surface area contributed by atoms with Gasteiger partial charge in [-0.15, -0.1) is 0 Å². The fraction of sp³-hybridized carbons (Fsp3) is 0.615. The second-order valence-electron chi connectivity index (χ2n) is 5.22. The number of hydrogen-bond acceptors (Lipinski definition) is 4. The molecule has 1 aromatic heterocycles. The van der Waals surface area contributed by atoms with Gasteiger partial charge in [-0.25, -0.2) is 12.8 Å². The molecule has 2 fully saturated rings. The van der Waals surface area contributed by atoms with E-state index < -0.39 is 15.8 Å². The van der Waals surface area contributed by atoms with Crippen molar-refractivity contribution in [3.63, 3.8) is 0 Å². The average Bonchev–Trinajstić information content (AvgIpc) is 2.46. The SMILES string of the molecule is O=S(=O)(c1cncc(F)c1)N1CCO[C@H]2CCCC[C@H]21. The van der Waals surface area contributed by atoms with Crippen LogP contribution in [0.3, 0.4) is 0 Å². The zero-order valence-electron chi connectivity index (χ0n) is 11.0. The Morgan fingerprint density at radius 1 is 1.30 bits per heavy atom. The topological polar surface area (TPSA) is 59.5 Å². The first-order valence-corrected chi connectivity index (χ1v) is 8.27. The van der Waals surface area contributed by atoms with Crippen molar-refractivity contribution >= 4 is 10.0 Å². The third kappa shape index (κ3) is 2.45. The highest BCUT2D eigenvalue weighted by molar-refractivity contribution is 7.89. The Labute approximate surface area is 117 Å². The molecule has 1 aliphatic heterocycles.